The number of carbonyl (C=O) groups excluding carboxylic acids is 1. The van der Waals surface area contributed by atoms with Crippen LogP contribution in [0, 0.1) is 0 Å². The summed E-state index contributed by atoms with van der Waals surface area (Å²) in [5, 5.41) is 21.4. The van der Waals surface area contributed by atoms with Gasteiger partial charge in [0.15, 0.2) is 0 Å². The van der Waals surface area contributed by atoms with E-state index in [-0.39, 0.29) is 16.9 Å². The first kappa shape index (κ1) is 16.8. The maximum atomic E-state index is 12.7. The Balaban J connectivity index is 1.70. The number of amides is 1. The quantitative estimate of drug-likeness (QED) is 0.854. The standard InChI is InChI=1S/C16H21N5O2S/c1-12(15(23)20-10-4-2-3-5-11-20)24-16-17-18-19-21(16)13-6-8-14(22)9-7-13/h6-9,12,22H,2-5,10-11H2,1H3/t12-/m0/s1. The van der Waals surface area contributed by atoms with Gasteiger partial charge in [0.1, 0.15) is 5.75 Å². The summed E-state index contributed by atoms with van der Waals surface area (Å²) in [5.41, 5.74) is 0.745. The van der Waals surface area contributed by atoms with Gasteiger partial charge >= 0.3 is 0 Å². The average Bonchev–Trinajstić information content (AvgIpc) is 2.87. The fourth-order valence-electron chi connectivity index (χ4n) is 2.76. The molecule has 1 N–H and O–H groups in total. The summed E-state index contributed by atoms with van der Waals surface area (Å²) in [5.74, 6) is 0.327. The van der Waals surface area contributed by atoms with Crippen LogP contribution < -0.4 is 0 Å². The first-order chi connectivity index (χ1) is 11.6. The number of nitrogens with zero attached hydrogens (tertiary/aromatic N) is 5. The Morgan fingerprint density at radius 3 is 2.50 bits per heavy atom. The molecule has 1 saturated heterocycles. The monoisotopic (exact) mass is 347 g/mol. The largest absolute Gasteiger partial charge is 0.508 e. The van der Waals surface area contributed by atoms with Crippen molar-refractivity contribution in [3.05, 3.63) is 24.3 Å². The third-order valence-corrected chi connectivity index (χ3v) is 5.10. The molecule has 1 fully saturated rings. The molecule has 2 heterocycles. The van der Waals surface area contributed by atoms with Crippen LogP contribution in [0.2, 0.25) is 0 Å². The lowest BCUT2D eigenvalue weighted by Gasteiger charge is -2.23. The first-order valence-corrected chi connectivity index (χ1v) is 9.06. The van der Waals surface area contributed by atoms with Crippen molar-refractivity contribution in [3.63, 3.8) is 0 Å². The number of hydrogen-bond donors (Lipinski definition) is 1. The van der Waals surface area contributed by atoms with E-state index < -0.39 is 0 Å². The van der Waals surface area contributed by atoms with E-state index in [9.17, 15) is 9.90 Å². The van der Waals surface area contributed by atoms with Crippen LogP contribution in [0.25, 0.3) is 5.69 Å². The van der Waals surface area contributed by atoms with Gasteiger partial charge in [-0.05, 0) is 54.5 Å². The molecular formula is C16H21N5O2S. The van der Waals surface area contributed by atoms with Crippen molar-refractivity contribution < 1.29 is 9.90 Å². The Morgan fingerprint density at radius 2 is 1.83 bits per heavy atom. The smallest absolute Gasteiger partial charge is 0.235 e. The number of aromatic hydroxyl groups is 1. The van der Waals surface area contributed by atoms with E-state index in [4.69, 9.17) is 0 Å². The van der Waals surface area contributed by atoms with Crippen molar-refractivity contribution in [2.24, 2.45) is 0 Å². The number of thioether (sulfide) groups is 1. The molecule has 0 radical (unpaired) electrons. The number of phenols is 1. The van der Waals surface area contributed by atoms with Crippen LogP contribution in [0.5, 0.6) is 5.75 Å². The molecule has 24 heavy (non-hydrogen) atoms. The van der Waals surface area contributed by atoms with Crippen molar-refractivity contribution in [1.82, 2.24) is 25.1 Å². The first-order valence-electron chi connectivity index (χ1n) is 8.18. The Labute approximate surface area is 145 Å². The molecule has 0 bridgehead atoms. The normalized spacial score (nSPS) is 16.6. The third-order valence-electron chi connectivity index (χ3n) is 4.08. The molecule has 3 rings (SSSR count). The van der Waals surface area contributed by atoms with E-state index in [2.05, 4.69) is 15.5 Å². The molecule has 0 unspecified atom stereocenters. The van der Waals surface area contributed by atoms with Crippen molar-refractivity contribution >= 4 is 17.7 Å². The minimum atomic E-state index is -0.245. The van der Waals surface area contributed by atoms with Gasteiger partial charge in [-0.25, -0.2) is 0 Å². The number of aromatic nitrogens is 4. The lowest BCUT2D eigenvalue weighted by atomic mass is 10.2. The van der Waals surface area contributed by atoms with Crippen LogP contribution >= 0.6 is 11.8 Å². The summed E-state index contributed by atoms with van der Waals surface area (Å²) in [6, 6.07) is 6.63. The third kappa shape index (κ3) is 3.87. The Bertz CT molecular complexity index is 680. The van der Waals surface area contributed by atoms with Gasteiger partial charge in [0.05, 0.1) is 10.9 Å². The molecule has 1 atom stereocenters. The maximum absolute atomic E-state index is 12.7. The second-order valence-corrected chi connectivity index (χ2v) is 7.20. The topological polar surface area (TPSA) is 84.1 Å². The van der Waals surface area contributed by atoms with Crippen LogP contribution in [0.4, 0.5) is 0 Å². The fourth-order valence-corrected chi connectivity index (χ4v) is 3.66. The second-order valence-electron chi connectivity index (χ2n) is 5.89. The number of carbonyl (C=O) groups is 1. The molecule has 1 aliphatic rings. The molecule has 0 aliphatic carbocycles. The zero-order chi connectivity index (χ0) is 16.9. The predicted octanol–water partition coefficient (Wildman–Crippen LogP) is 2.25. The van der Waals surface area contributed by atoms with Crippen LogP contribution in [-0.2, 0) is 4.79 Å². The van der Waals surface area contributed by atoms with Gasteiger partial charge in [-0.3, -0.25) is 4.79 Å². The van der Waals surface area contributed by atoms with Gasteiger partial charge < -0.3 is 10.0 Å². The molecule has 1 aromatic heterocycles. The molecular weight excluding hydrogens is 326 g/mol. The van der Waals surface area contributed by atoms with Gasteiger partial charge in [-0.1, -0.05) is 24.6 Å². The highest BCUT2D eigenvalue weighted by atomic mass is 32.2. The summed E-state index contributed by atoms with van der Waals surface area (Å²) in [6.45, 7) is 3.58. The van der Waals surface area contributed by atoms with Crippen LogP contribution in [0.15, 0.2) is 29.4 Å². The number of benzene rings is 1. The lowest BCUT2D eigenvalue weighted by Crippen LogP contribution is -2.37. The highest BCUT2D eigenvalue weighted by Gasteiger charge is 2.24. The van der Waals surface area contributed by atoms with Crippen LogP contribution in [-0.4, -0.2) is 54.5 Å². The van der Waals surface area contributed by atoms with E-state index in [1.54, 1.807) is 28.9 Å². The summed E-state index contributed by atoms with van der Waals surface area (Å²) in [6.07, 6.45) is 4.55. The lowest BCUT2D eigenvalue weighted by molar-refractivity contribution is -0.130. The molecule has 128 valence electrons. The zero-order valence-electron chi connectivity index (χ0n) is 13.6. The van der Waals surface area contributed by atoms with Gasteiger partial charge in [0.25, 0.3) is 0 Å². The Morgan fingerprint density at radius 1 is 1.17 bits per heavy atom. The molecule has 0 spiro atoms. The van der Waals surface area contributed by atoms with E-state index >= 15 is 0 Å². The minimum Gasteiger partial charge on any atom is -0.508 e. The Hall–Kier alpha value is -2.09. The highest BCUT2D eigenvalue weighted by Crippen LogP contribution is 2.25. The maximum Gasteiger partial charge on any atom is 0.235 e. The van der Waals surface area contributed by atoms with Crippen molar-refractivity contribution in [3.8, 4) is 11.4 Å². The number of hydrogen-bond acceptors (Lipinski definition) is 6. The summed E-state index contributed by atoms with van der Waals surface area (Å²) in [7, 11) is 0. The number of likely N-dealkylation sites (tertiary alicyclic amines) is 1. The van der Waals surface area contributed by atoms with Crippen molar-refractivity contribution in [2.45, 2.75) is 43.0 Å². The SMILES string of the molecule is C[C@H](Sc1nnnn1-c1ccc(O)cc1)C(=O)N1CCCCCC1. The predicted molar refractivity (Wildman–Crippen MR) is 91.2 cm³/mol. The van der Waals surface area contributed by atoms with E-state index in [1.807, 2.05) is 11.8 Å². The second kappa shape index (κ2) is 7.65. The summed E-state index contributed by atoms with van der Waals surface area (Å²) < 4.78 is 1.58. The van der Waals surface area contributed by atoms with E-state index in [0.29, 0.717) is 5.16 Å². The zero-order valence-corrected chi connectivity index (χ0v) is 14.4. The van der Waals surface area contributed by atoms with Gasteiger partial charge in [-0.2, -0.15) is 4.68 Å². The molecule has 0 saturated carbocycles. The van der Waals surface area contributed by atoms with Crippen LogP contribution in [0.1, 0.15) is 32.6 Å². The van der Waals surface area contributed by atoms with E-state index in [0.717, 1.165) is 31.6 Å². The number of rotatable bonds is 4. The van der Waals surface area contributed by atoms with Gasteiger partial charge in [0.2, 0.25) is 11.1 Å². The number of tetrazole rings is 1. The molecule has 2 aromatic rings. The minimum absolute atomic E-state index is 0.141. The fraction of sp³-hybridized carbons (Fsp3) is 0.500. The Kier molecular flexibility index (Phi) is 5.34. The van der Waals surface area contributed by atoms with Crippen molar-refractivity contribution in [1.29, 1.82) is 0 Å². The van der Waals surface area contributed by atoms with Gasteiger partial charge in [-0.15, -0.1) is 5.10 Å². The van der Waals surface area contributed by atoms with Crippen molar-refractivity contribution in [2.75, 3.05) is 13.1 Å². The molecule has 8 heteroatoms. The summed E-state index contributed by atoms with van der Waals surface area (Å²) in [4.78, 5) is 14.6. The summed E-state index contributed by atoms with van der Waals surface area (Å²) >= 11 is 1.36. The average molecular weight is 347 g/mol. The molecule has 7 nitrogen and oxygen atoms in total. The molecule has 1 aliphatic heterocycles. The van der Waals surface area contributed by atoms with E-state index in [1.165, 1.54) is 24.6 Å². The highest BCUT2D eigenvalue weighted by molar-refractivity contribution is 8.00. The van der Waals surface area contributed by atoms with Crippen LogP contribution in [0.3, 0.4) is 0 Å². The number of phenolic OH excluding ortho intramolecular Hbond substituents is 1. The van der Waals surface area contributed by atoms with Gasteiger partial charge in [0, 0.05) is 13.1 Å². The molecule has 1 aromatic carbocycles. The molecule has 1 amide bonds.